The summed E-state index contributed by atoms with van der Waals surface area (Å²) in [7, 11) is 1.82. The fourth-order valence-electron chi connectivity index (χ4n) is 2.18. The summed E-state index contributed by atoms with van der Waals surface area (Å²) in [6.45, 7) is 8.83. The zero-order valence-corrected chi connectivity index (χ0v) is 12.7. The Labute approximate surface area is 116 Å². The Hall–Kier alpha value is -1.35. The van der Waals surface area contributed by atoms with Crippen molar-refractivity contribution in [2.45, 2.75) is 34.1 Å². The molecule has 3 nitrogen and oxygen atoms in total. The number of nitrogens with zero attached hydrogens (tertiary/aromatic N) is 1. The highest BCUT2D eigenvalue weighted by Gasteiger charge is 2.26. The van der Waals surface area contributed by atoms with Crippen molar-refractivity contribution in [1.29, 1.82) is 0 Å². The van der Waals surface area contributed by atoms with Crippen molar-refractivity contribution in [3.05, 3.63) is 29.8 Å². The van der Waals surface area contributed by atoms with E-state index in [0.717, 1.165) is 12.1 Å². The van der Waals surface area contributed by atoms with Gasteiger partial charge < -0.3 is 10.6 Å². The molecule has 0 spiro atoms. The highest BCUT2D eigenvalue weighted by molar-refractivity contribution is 5.94. The van der Waals surface area contributed by atoms with E-state index in [9.17, 15) is 4.79 Å². The number of hydrogen-bond donors (Lipinski definition) is 1. The molecule has 1 rings (SSSR count). The maximum absolute atomic E-state index is 12.5. The van der Waals surface area contributed by atoms with Gasteiger partial charge >= 0.3 is 0 Å². The van der Waals surface area contributed by atoms with Gasteiger partial charge in [0.15, 0.2) is 0 Å². The number of nitrogens with two attached hydrogens (primary N) is 1. The Kier molecular flexibility index (Phi) is 5.12. The van der Waals surface area contributed by atoms with Gasteiger partial charge in [0.05, 0.1) is 5.92 Å². The van der Waals surface area contributed by atoms with E-state index in [1.807, 2.05) is 38.2 Å². The fraction of sp³-hybridized carbons (Fsp3) is 0.562. The topological polar surface area (TPSA) is 46.3 Å². The summed E-state index contributed by atoms with van der Waals surface area (Å²) in [5.74, 6) is -0.0208. The molecule has 106 valence electrons. The summed E-state index contributed by atoms with van der Waals surface area (Å²) in [5, 5.41) is 0. The molecule has 1 atom stereocenters. The molecule has 0 saturated heterocycles. The Balaban J connectivity index is 2.82. The van der Waals surface area contributed by atoms with Gasteiger partial charge in [0.2, 0.25) is 5.91 Å². The van der Waals surface area contributed by atoms with Gasteiger partial charge in [-0.3, -0.25) is 4.79 Å². The minimum Gasteiger partial charge on any atom is -0.330 e. The van der Waals surface area contributed by atoms with Crippen molar-refractivity contribution < 1.29 is 4.79 Å². The predicted molar refractivity (Wildman–Crippen MR) is 81.2 cm³/mol. The Bertz CT molecular complexity index is 417. The Morgan fingerprint density at radius 2 is 1.79 bits per heavy atom. The van der Waals surface area contributed by atoms with E-state index in [2.05, 4.69) is 20.8 Å². The number of carbonyl (C=O) groups is 1. The SMILES string of the molecule is Cc1ccc(N(C)C(=O)C(CN)CC(C)(C)C)cc1. The first-order valence-corrected chi connectivity index (χ1v) is 6.79. The predicted octanol–water partition coefficient (Wildman–Crippen LogP) is 2.97. The molecule has 0 saturated carbocycles. The van der Waals surface area contributed by atoms with Crippen LogP contribution >= 0.6 is 0 Å². The zero-order valence-electron chi connectivity index (χ0n) is 12.7. The first-order chi connectivity index (χ1) is 8.74. The summed E-state index contributed by atoms with van der Waals surface area (Å²) < 4.78 is 0. The first-order valence-electron chi connectivity index (χ1n) is 6.79. The van der Waals surface area contributed by atoms with E-state index in [1.54, 1.807) is 4.90 Å². The number of carbonyl (C=O) groups excluding carboxylic acids is 1. The second kappa shape index (κ2) is 6.20. The lowest BCUT2D eigenvalue weighted by atomic mass is 9.84. The second-order valence-corrected chi connectivity index (χ2v) is 6.43. The quantitative estimate of drug-likeness (QED) is 0.906. The number of anilines is 1. The third-order valence-corrected chi connectivity index (χ3v) is 3.24. The Morgan fingerprint density at radius 1 is 1.26 bits per heavy atom. The minimum absolute atomic E-state index is 0.0984. The van der Waals surface area contributed by atoms with Crippen molar-refractivity contribution in [1.82, 2.24) is 0 Å². The lowest BCUT2D eigenvalue weighted by molar-refractivity contribution is -0.122. The van der Waals surface area contributed by atoms with Crippen LogP contribution in [0.25, 0.3) is 0 Å². The molecule has 0 aliphatic heterocycles. The highest BCUT2D eigenvalue weighted by Crippen LogP contribution is 2.26. The van der Waals surface area contributed by atoms with Gasteiger partial charge in [-0.15, -0.1) is 0 Å². The molecule has 19 heavy (non-hydrogen) atoms. The number of rotatable bonds is 4. The lowest BCUT2D eigenvalue weighted by Gasteiger charge is -2.28. The lowest BCUT2D eigenvalue weighted by Crippen LogP contribution is -2.38. The van der Waals surface area contributed by atoms with Crippen molar-refractivity contribution >= 4 is 11.6 Å². The van der Waals surface area contributed by atoms with E-state index < -0.39 is 0 Å². The van der Waals surface area contributed by atoms with Crippen LogP contribution in [0.15, 0.2) is 24.3 Å². The highest BCUT2D eigenvalue weighted by atomic mass is 16.2. The van der Waals surface area contributed by atoms with Gasteiger partial charge in [-0.1, -0.05) is 38.5 Å². The van der Waals surface area contributed by atoms with E-state index >= 15 is 0 Å². The van der Waals surface area contributed by atoms with Gasteiger partial charge in [-0.2, -0.15) is 0 Å². The van der Waals surface area contributed by atoms with Gasteiger partial charge in [-0.05, 0) is 30.9 Å². The van der Waals surface area contributed by atoms with Crippen molar-refractivity contribution in [3.63, 3.8) is 0 Å². The van der Waals surface area contributed by atoms with Gasteiger partial charge in [0, 0.05) is 19.3 Å². The van der Waals surface area contributed by atoms with E-state index in [-0.39, 0.29) is 17.2 Å². The molecule has 0 fully saturated rings. The summed E-state index contributed by atoms with van der Waals surface area (Å²) in [6, 6.07) is 7.97. The molecular formula is C16H26N2O. The van der Waals surface area contributed by atoms with Crippen molar-refractivity contribution in [2.24, 2.45) is 17.1 Å². The van der Waals surface area contributed by atoms with Crippen LogP contribution in [0.2, 0.25) is 0 Å². The minimum atomic E-state index is -0.119. The number of amides is 1. The zero-order chi connectivity index (χ0) is 14.6. The Morgan fingerprint density at radius 3 is 2.21 bits per heavy atom. The van der Waals surface area contributed by atoms with Crippen molar-refractivity contribution in [3.8, 4) is 0 Å². The molecule has 3 heteroatoms. The molecule has 0 aromatic heterocycles. The summed E-state index contributed by atoms with van der Waals surface area (Å²) in [6.07, 6.45) is 0.804. The third kappa shape index (κ3) is 4.67. The molecule has 0 aliphatic rings. The van der Waals surface area contributed by atoms with Crippen LogP contribution in [0, 0.1) is 18.3 Å². The molecular weight excluding hydrogens is 236 g/mol. The van der Waals surface area contributed by atoms with Crippen LogP contribution < -0.4 is 10.6 Å². The third-order valence-electron chi connectivity index (χ3n) is 3.24. The van der Waals surface area contributed by atoms with Gasteiger partial charge in [-0.25, -0.2) is 0 Å². The number of hydrogen-bond acceptors (Lipinski definition) is 2. The number of benzene rings is 1. The normalized spacial score (nSPS) is 13.2. The summed E-state index contributed by atoms with van der Waals surface area (Å²) >= 11 is 0. The van der Waals surface area contributed by atoms with Crippen LogP contribution in [0.3, 0.4) is 0 Å². The number of aryl methyl sites for hydroxylation is 1. The van der Waals surface area contributed by atoms with Gasteiger partial charge in [0.1, 0.15) is 0 Å². The van der Waals surface area contributed by atoms with Crippen LogP contribution in [0.4, 0.5) is 5.69 Å². The van der Waals surface area contributed by atoms with Crippen LogP contribution in [0.1, 0.15) is 32.8 Å². The van der Waals surface area contributed by atoms with Crippen molar-refractivity contribution in [2.75, 3.05) is 18.5 Å². The molecule has 0 aliphatic carbocycles. The fourth-order valence-corrected chi connectivity index (χ4v) is 2.18. The smallest absolute Gasteiger partial charge is 0.231 e. The standard InChI is InChI=1S/C16H26N2O/c1-12-6-8-14(9-7-12)18(5)15(19)13(11-17)10-16(2,3)4/h6-9,13H,10-11,17H2,1-5H3. The molecule has 0 heterocycles. The molecule has 0 bridgehead atoms. The monoisotopic (exact) mass is 262 g/mol. The molecule has 1 unspecified atom stereocenters. The summed E-state index contributed by atoms with van der Waals surface area (Å²) in [5.41, 5.74) is 7.99. The first kappa shape index (κ1) is 15.7. The molecule has 2 N–H and O–H groups in total. The molecule has 0 radical (unpaired) electrons. The van der Waals surface area contributed by atoms with E-state index in [4.69, 9.17) is 5.73 Å². The van der Waals surface area contributed by atoms with E-state index in [1.165, 1.54) is 5.56 Å². The van der Waals surface area contributed by atoms with Crippen LogP contribution in [-0.4, -0.2) is 19.5 Å². The average Bonchev–Trinajstić information content (AvgIpc) is 2.34. The van der Waals surface area contributed by atoms with E-state index in [0.29, 0.717) is 6.54 Å². The molecule has 1 amide bonds. The van der Waals surface area contributed by atoms with Crippen LogP contribution in [0.5, 0.6) is 0 Å². The van der Waals surface area contributed by atoms with Crippen LogP contribution in [-0.2, 0) is 4.79 Å². The maximum Gasteiger partial charge on any atom is 0.231 e. The largest absolute Gasteiger partial charge is 0.330 e. The molecule has 1 aromatic rings. The summed E-state index contributed by atoms with van der Waals surface area (Å²) in [4.78, 5) is 14.2. The maximum atomic E-state index is 12.5. The average molecular weight is 262 g/mol. The second-order valence-electron chi connectivity index (χ2n) is 6.43. The van der Waals surface area contributed by atoms with Gasteiger partial charge in [0.25, 0.3) is 0 Å². The molecule has 1 aromatic carbocycles.